The van der Waals surface area contributed by atoms with Crippen molar-refractivity contribution in [1.82, 2.24) is 0 Å². The molecule has 0 heterocycles. The van der Waals surface area contributed by atoms with E-state index in [0.29, 0.717) is 6.42 Å². The molecule has 0 spiro atoms. The first-order valence-corrected chi connectivity index (χ1v) is 11.5. The van der Waals surface area contributed by atoms with E-state index in [1.165, 1.54) is 50.5 Å². The summed E-state index contributed by atoms with van der Waals surface area (Å²) in [5.74, 6) is 0.0710. The van der Waals surface area contributed by atoms with Crippen LogP contribution in [0.3, 0.4) is 0 Å². The monoisotopic (exact) mass is 416 g/mol. The highest BCUT2D eigenvalue weighted by Gasteiger charge is 2.15. The molecule has 30 heavy (non-hydrogen) atoms. The topological polar surface area (TPSA) is 44.8 Å². The smallest absolute Gasteiger partial charge is 0.337 e. The van der Waals surface area contributed by atoms with Gasteiger partial charge in [0, 0.05) is 12.5 Å². The van der Waals surface area contributed by atoms with Crippen LogP contribution in [0, 0.1) is 0 Å². The van der Waals surface area contributed by atoms with Crippen molar-refractivity contribution >= 4 is 5.97 Å². The van der Waals surface area contributed by atoms with E-state index in [0.717, 1.165) is 37.5 Å². The lowest BCUT2D eigenvalue weighted by molar-refractivity contribution is -0.148. The Labute approximate surface area is 183 Å². The number of hydrogen-bond acceptors (Lipinski definition) is 4. The zero-order valence-corrected chi connectivity index (χ0v) is 19.0. The van der Waals surface area contributed by atoms with Gasteiger partial charge in [0.25, 0.3) is 5.95 Å². The molecule has 0 bridgehead atoms. The van der Waals surface area contributed by atoms with Gasteiger partial charge >= 0.3 is 5.97 Å². The molecular weight excluding hydrogens is 376 g/mol. The van der Waals surface area contributed by atoms with E-state index in [1.807, 2.05) is 12.1 Å². The molecule has 0 fully saturated rings. The van der Waals surface area contributed by atoms with Crippen molar-refractivity contribution in [2.24, 2.45) is 0 Å². The van der Waals surface area contributed by atoms with Gasteiger partial charge in [-0.15, -0.1) is 0 Å². The van der Waals surface area contributed by atoms with E-state index in [2.05, 4.69) is 39.1 Å². The Balaban J connectivity index is 2.46. The lowest BCUT2D eigenvalue weighted by Gasteiger charge is -2.21. The molecule has 1 rings (SSSR count). The molecule has 1 atom stereocenters. The second-order valence-corrected chi connectivity index (χ2v) is 7.67. The van der Waals surface area contributed by atoms with Crippen molar-refractivity contribution in [3.05, 3.63) is 55.0 Å². The number of benzene rings is 1. The summed E-state index contributed by atoms with van der Waals surface area (Å²) in [5.41, 5.74) is 1.32. The molecule has 0 saturated heterocycles. The number of rotatable bonds is 18. The molecule has 4 nitrogen and oxygen atoms in total. The molecule has 168 valence electrons. The van der Waals surface area contributed by atoms with E-state index in [1.54, 1.807) is 0 Å². The van der Waals surface area contributed by atoms with Crippen LogP contribution in [0.2, 0.25) is 0 Å². The van der Waals surface area contributed by atoms with Crippen LogP contribution in [0.1, 0.15) is 90.0 Å². The number of esters is 1. The Morgan fingerprint density at radius 3 is 2.17 bits per heavy atom. The third-order valence-electron chi connectivity index (χ3n) is 4.95. The normalized spacial score (nSPS) is 11.5. The van der Waals surface area contributed by atoms with Crippen LogP contribution in [0.15, 0.2) is 49.4 Å². The summed E-state index contributed by atoms with van der Waals surface area (Å²) in [6, 6.07) is 8.18. The van der Waals surface area contributed by atoms with Gasteiger partial charge < -0.3 is 14.2 Å². The Bertz CT molecular complexity index is 606. The number of aryl methyl sites for hydroxylation is 1. The minimum absolute atomic E-state index is 0.0723. The zero-order chi connectivity index (χ0) is 22.0. The van der Waals surface area contributed by atoms with E-state index in [9.17, 15) is 4.79 Å². The molecule has 0 aliphatic carbocycles. The molecular formula is C26H40O4. The molecule has 0 aromatic heterocycles. The Kier molecular flexibility index (Phi) is 14.2. The number of ether oxygens (including phenoxy) is 3. The van der Waals surface area contributed by atoms with E-state index in [-0.39, 0.29) is 5.95 Å². The first kappa shape index (κ1) is 25.8. The predicted molar refractivity (Wildman–Crippen MR) is 123 cm³/mol. The molecule has 0 amide bonds. The second-order valence-electron chi connectivity index (χ2n) is 7.67. The number of carbonyl (C=O) groups excluding carboxylic acids is 1. The van der Waals surface area contributed by atoms with Gasteiger partial charge in [-0.05, 0) is 43.5 Å². The van der Waals surface area contributed by atoms with Gasteiger partial charge in [0.05, 0.1) is 0 Å². The highest BCUT2D eigenvalue weighted by molar-refractivity contribution is 5.81. The maximum atomic E-state index is 11.3. The quantitative estimate of drug-likeness (QED) is 0.0818. The van der Waals surface area contributed by atoms with Crippen LogP contribution < -0.4 is 4.74 Å². The number of carbonyl (C=O) groups is 1. The standard InChI is InChI=1S/C26H40O4/c1-5-8-10-11-12-13-15-16-23-18-20-24(21-19-23)30-26(17-14-9-6-2)29-22(4)28-25(27)7-3/h7,18-21,26H,3-6,8-17H2,1-2H3. The molecule has 0 aliphatic rings. The maximum Gasteiger partial charge on any atom is 0.337 e. The third kappa shape index (κ3) is 12.4. The van der Waals surface area contributed by atoms with Crippen molar-refractivity contribution < 1.29 is 19.0 Å². The predicted octanol–water partition coefficient (Wildman–Crippen LogP) is 7.48. The summed E-state index contributed by atoms with van der Waals surface area (Å²) in [5, 5.41) is 0. The molecule has 1 aromatic rings. The minimum atomic E-state index is -0.595. The summed E-state index contributed by atoms with van der Waals surface area (Å²) in [6.07, 6.45) is 14.7. The first-order chi connectivity index (χ1) is 14.6. The third-order valence-corrected chi connectivity index (χ3v) is 4.95. The van der Waals surface area contributed by atoms with Crippen LogP contribution in [-0.4, -0.2) is 12.3 Å². The highest BCUT2D eigenvalue weighted by Crippen LogP contribution is 2.20. The fourth-order valence-electron chi connectivity index (χ4n) is 3.20. The Hall–Kier alpha value is -2.23. The highest BCUT2D eigenvalue weighted by atomic mass is 16.8. The van der Waals surface area contributed by atoms with Crippen molar-refractivity contribution in [3.8, 4) is 5.75 Å². The van der Waals surface area contributed by atoms with Crippen LogP contribution in [-0.2, 0) is 20.7 Å². The molecule has 4 heteroatoms. The molecule has 0 radical (unpaired) electrons. The van der Waals surface area contributed by atoms with E-state index >= 15 is 0 Å². The molecule has 0 aliphatic heterocycles. The summed E-state index contributed by atoms with van der Waals surface area (Å²) in [6.45, 7) is 11.4. The molecule has 1 unspecified atom stereocenters. The van der Waals surface area contributed by atoms with Gasteiger partial charge in [-0.3, -0.25) is 0 Å². The van der Waals surface area contributed by atoms with Gasteiger partial charge in [0.15, 0.2) is 0 Å². The SMILES string of the molecule is C=CC(=O)OC(=C)OC(CCCCC)Oc1ccc(CCCCCCCCC)cc1. The lowest BCUT2D eigenvalue weighted by atomic mass is 10.0. The van der Waals surface area contributed by atoms with Crippen molar-refractivity contribution in [2.45, 2.75) is 97.2 Å². The van der Waals surface area contributed by atoms with Gasteiger partial charge in [0.1, 0.15) is 5.75 Å². The fourth-order valence-corrected chi connectivity index (χ4v) is 3.20. The zero-order valence-electron chi connectivity index (χ0n) is 19.0. The van der Waals surface area contributed by atoms with Crippen LogP contribution in [0.5, 0.6) is 5.75 Å². The molecule has 0 saturated carbocycles. The second kappa shape index (κ2) is 16.6. The van der Waals surface area contributed by atoms with Gasteiger partial charge in [-0.25, -0.2) is 4.79 Å². The van der Waals surface area contributed by atoms with Crippen LogP contribution in [0.4, 0.5) is 0 Å². The lowest BCUT2D eigenvalue weighted by Crippen LogP contribution is -2.21. The molecule has 1 aromatic carbocycles. The van der Waals surface area contributed by atoms with Crippen molar-refractivity contribution in [1.29, 1.82) is 0 Å². The largest absolute Gasteiger partial charge is 0.455 e. The van der Waals surface area contributed by atoms with E-state index in [4.69, 9.17) is 14.2 Å². The molecule has 0 N–H and O–H groups in total. The van der Waals surface area contributed by atoms with Crippen molar-refractivity contribution in [2.75, 3.05) is 0 Å². The summed E-state index contributed by atoms with van der Waals surface area (Å²) >= 11 is 0. The first-order valence-electron chi connectivity index (χ1n) is 11.5. The Morgan fingerprint density at radius 1 is 0.933 bits per heavy atom. The fraction of sp³-hybridized carbons (Fsp3) is 0.577. The summed E-state index contributed by atoms with van der Waals surface area (Å²) in [4.78, 5) is 11.3. The van der Waals surface area contributed by atoms with Crippen LogP contribution in [0.25, 0.3) is 0 Å². The van der Waals surface area contributed by atoms with Gasteiger partial charge in [-0.1, -0.05) is 83.9 Å². The van der Waals surface area contributed by atoms with E-state index < -0.39 is 12.3 Å². The average Bonchev–Trinajstić information content (AvgIpc) is 2.74. The van der Waals surface area contributed by atoms with Gasteiger partial charge in [0.2, 0.25) is 6.29 Å². The summed E-state index contributed by atoms with van der Waals surface area (Å²) < 4.78 is 16.5. The Morgan fingerprint density at radius 2 is 1.53 bits per heavy atom. The number of hydrogen-bond donors (Lipinski definition) is 0. The van der Waals surface area contributed by atoms with Crippen LogP contribution >= 0.6 is 0 Å². The number of unbranched alkanes of at least 4 members (excludes halogenated alkanes) is 8. The summed E-state index contributed by atoms with van der Waals surface area (Å²) in [7, 11) is 0. The maximum absolute atomic E-state index is 11.3. The average molecular weight is 417 g/mol. The van der Waals surface area contributed by atoms with Gasteiger partial charge in [-0.2, -0.15) is 0 Å². The minimum Gasteiger partial charge on any atom is -0.455 e. The van der Waals surface area contributed by atoms with Crippen molar-refractivity contribution in [3.63, 3.8) is 0 Å².